The van der Waals surface area contributed by atoms with E-state index in [1.807, 2.05) is 52.3 Å². The predicted molar refractivity (Wildman–Crippen MR) is 105 cm³/mol. The second kappa shape index (κ2) is 7.43. The zero-order valence-electron chi connectivity index (χ0n) is 15.6. The fourth-order valence-corrected chi connectivity index (χ4v) is 3.94. The number of carbonyl (C=O) groups is 2. The summed E-state index contributed by atoms with van der Waals surface area (Å²) in [4.78, 5) is 28.5. The summed E-state index contributed by atoms with van der Waals surface area (Å²) >= 11 is 0. The smallest absolute Gasteiger partial charge is 0.231 e. The Labute approximate surface area is 159 Å². The number of fused-ring (bicyclic) bond motifs is 1. The van der Waals surface area contributed by atoms with E-state index in [0.29, 0.717) is 12.8 Å². The lowest BCUT2D eigenvalue weighted by molar-refractivity contribution is -0.118. The normalized spacial score (nSPS) is 16.4. The lowest BCUT2D eigenvalue weighted by atomic mass is 10.0. The lowest BCUT2D eigenvalue weighted by Gasteiger charge is -2.30. The van der Waals surface area contributed by atoms with Crippen molar-refractivity contribution in [1.82, 2.24) is 0 Å². The van der Waals surface area contributed by atoms with Crippen LogP contribution in [0.2, 0.25) is 0 Å². The molecule has 0 aromatic heterocycles. The van der Waals surface area contributed by atoms with Crippen LogP contribution in [0.3, 0.4) is 0 Å². The molecule has 2 heterocycles. The van der Waals surface area contributed by atoms with Gasteiger partial charge in [-0.25, -0.2) is 0 Å². The number of carbonyl (C=O) groups excluding carboxylic acids is 2. The summed E-state index contributed by atoms with van der Waals surface area (Å²) in [5.74, 6) is 1.11. The van der Waals surface area contributed by atoms with Gasteiger partial charge in [-0.1, -0.05) is 12.1 Å². The summed E-state index contributed by atoms with van der Waals surface area (Å²) in [6.07, 6.45) is 3.83. The van der Waals surface area contributed by atoms with Crippen molar-refractivity contribution < 1.29 is 14.3 Å². The lowest BCUT2D eigenvalue weighted by Crippen LogP contribution is -2.36. The first kappa shape index (κ1) is 17.6. The van der Waals surface area contributed by atoms with Crippen molar-refractivity contribution in [2.24, 2.45) is 0 Å². The number of anilines is 2. The van der Waals surface area contributed by atoms with Gasteiger partial charge in [0.2, 0.25) is 11.8 Å². The van der Waals surface area contributed by atoms with E-state index < -0.39 is 0 Å². The Bertz CT molecular complexity index is 860. The van der Waals surface area contributed by atoms with Crippen LogP contribution in [0, 0.1) is 0 Å². The first-order valence-corrected chi connectivity index (χ1v) is 9.52. The van der Waals surface area contributed by atoms with Crippen molar-refractivity contribution in [2.45, 2.75) is 32.1 Å². The molecule has 0 spiro atoms. The number of amides is 2. The molecule has 0 bridgehead atoms. The molecular formula is C22H24N2O3. The minimum atomic E-state index is 0.103. The highest BCUT2D eigenvalue weighted by molar-refractivity contribution is 5.97. The van der Waals surface area contributed by atoms with Gasteiger partial charge in [-0.05, 0) is 60.7 Å². The summed E-state index contributed by atoms with van der Waals surface area (Å²) in [6, 6.07) is 13.7. The van der Waals surface area contributed by atoms with Crippen molar-refractivity contribution in [3.05, 3.63) is 53.6 Å². The molecule has 1 fully saturated rings. The number of hydrogen-bond acceptors (Lipinski definition) is 3. The predicted octanol–water partition coefficient (Wildman–Crippen LogP) is 3.34. The van der Waals surface area contributed by atoms with Crippen LogP contribution in [0.4, 0.5) is 11.4 Å². The summed E-state index contributed by atoms with van der Waals surface area (Å²) in [6.45, 7) is 1.53. The van der Waals surface area contributed by atoms with Crippen LogP contribution in [-0.4, -0.2) is 32.0 Å². The van der Waals surface area contributed by atoms with Gasteiger partial charge in [0.25, 0.3) is 0 Å². The Hall–Kier alpha value is -2.82. The van der Waals surface area contributed by atoms with Crippen molar-refractivity contribution in [3.8, 4) is 5.75 Å². The van der Waals surface area contributed by atoms with Gasteiger partial charge in [0.05, 0.1) is 13.5 Å². The molecule has 5 nitrogen and oxygen atoms in total. The van der Waals surface area contributed by atoms with Gasteiger partial charge >= 0.3 is 0 Å². The molecule has 2 amide bonds. The van der Waals surface area contributed by atoms with E-state index in [1.54, 1.807) is 7.11 Å². The Morgan fingerprint density at radius 2 is 1.81 bits per heavy atom. The molecule has 0 saturated carbocycles. The standard InChI is InChI=1S/C22H24N2O3/c1-27-19-10-11-20-17(15-19)4-2-13-24(20)22(26)14-16-6-8-18(9-7-16)23-12-3-5-21(23)25/h6-11,15H,2-5,12-14H2,1H3. The van der Waals surface area contributed by atoms with Gasteiger partial charge in [-0.3, -0.25) is 9.59 Å². The monoisotopic (exact) mass is 364 g/mol. The van der Waals surface area contributed by atoms with Gasteiger partial charge in [0, 0.05) is 30.9 Å². The van der Waals surface area contributed by atoms with Crippen molar-refractivity contribution >= 4 is 23.2 Å². The fourth-order valence-electron chi connectivity index (χ4n) is 3.94. The van der Waals surface area contributed by atoms with E-state index in [9.17, 15) is 9.59 Å². The van der Waals surface area contributed by atoms with E-state index in [0.717, 1.165) is 60.6 Å². The molecule has 27 heavy (non-hydrogen) atoms. The third-order valence-corrected chi connectivity index (χ3v) is 5.38. The number of nitrogens with zero attached hydrogens (tertiary/aromatic N) is 2. The maximum absolute atomic E-state index is 12.9. The van der Waals surface area contributed by atoms with Crippen LogP contribution in [0.5, 0.6) is 5.75 Å². The van der Waals surface area contributed by atoms with Crippen LogP contribution in [0.1, 0.15) is 30.4 Å². The molecule has 1 saturated heterocycles. The summed E-state index contributed by atoms with van der Waals surface area (Å²) in [7, 11) is 1.66. The zero-order chi connectivity index (χ0) is 18.8. The third kappa shape index (κ3) is 3.54. The van der Waals surface area contributed by atoms with Crippen LogP contribution in [0.25, 0.3) is 0 Å². The molecule has 0 N–H and O–H groups in total. The van der Waals surface area contributed by atoms with Crippen LogP contribution < -0.4 is 14.5 Å². The SMILES string of the molecule is COc1ccc2c(c1)CCCN2C(=O)Cc1ccc(N2CCCC2=O)cc1. The van der Waals surface area contributed by atoms with Gasteiger partial charge in [0.15, 0.2) is 0 Å². The Kier molecular flexibility index (Phi) is 4.84. The molecule has 2 aliphatic heterocycles. The van der Waals surface area contributed by atoms with E-state index in [4.69, 9.17) is 4.74 Å². The molecule has 2 aromatic rings. The highest BCUT2D eigenvalue weighted by atomic mass is 16.5. The number of ether oxygens (including phenoxy) is 1. The highest BCUT2D eigenvalue weighted by Gasteiger charge is 2.24. The molecule has 5 heteroatoms. The highest BCUT2D eigenvalue weighted by Crippen LogP contribution is 2.31. The maximum Gasteiger partial charge on any atom is 0.231 e. The average Bonchev–Trinajstić information content (AvgIpc) is 3.13. The summed E-state index contributed by atoms with van der Waals surface area (Å²) < 4.78 is 5.30. The second-order valence-corrected chi connectivity index (χ2v) is 7.14. The third-order valence-electron chi connectivity index (χ3n) is 5.38. The fraction of sp³-hybridized carbons (Fsp3) is 0.364. The minimum Gasteiger partial charge on any atom is -0.497 e. The van der Waals surface area contributed by atoms with Crippen molar-refractivity contribution in [1.29, 1.82) is 0 Å². The molecule has 140 valence electrons. The van der Waals surface area contributed by atoms with Gasteiger partial charge in [0.1, 0.15) is 5.75 Å². The number of methoxy groups -OCH3 is 1. The number of benzene rings is 2. The molecule has 2 aliphatic rings. The number of rotatable bonds is 4. The average molecular weight is 364 g/mol. The molecular weight excluding hydrogens is 340 g/mol. The van der Waals surface area contributed by atoms with Gasteiger partial charge in [-0.2, -0.15) is 0 Å². The number of hydrogen-bond donors (Lipinski definition) is 0. The largest absolute Gasteiger partial charge is 0.497 e. The topological polar surface area (TPSA) is 49.9 Å². The Morgan fingerprint density at radius 3 is 2.52 bits per heavy atom. The maximum atomic E-state index is 12.9. The first-order chi connectivity index (χ1) is 13.2. The Morgan fingerprint density at radius 1 is 1.04 bits per heavy atom. The quantitative estimate of drug-likeness (QED) is 0.836. The molecule has 4 rings (SSSR count). The number of aryl methyl sites for hydroxylation is 1. The molecule has 0 aliphatic carbocycles. The molecule has 0 atom stereocenters. The van der Waals surface area contributed by atoms with Crippen LogP contribution in [-0.2, 0) is 22.4 Å². The Balaban J connectivity index is 1.48. The van der Waals surface area contributed by atoms with Gasteiger partial charge in [-0.15, -0.1) is 0 Å². The molecule has 2 aromatic carbocycles. The summed E-state index contributed by atoms with van der Waals surface area (Å²) in [5, 5.41) is 0. The zero-order valence-corrected chi connectivity index (χ0v) is 15.6. The first-order valence-electron chi connectivity index (χ1n) is 9.52. The van der Waals surface area contributed by atoms with E-state index in [2.05, 4.69) is 0 Å². The van der Waals surface area contributed by atoms with Crippen LogP contribution in [0.15, 0.2) is 42.5 Å². The summed E-state index contributed by atoms with van der Waals surface area (Å²) in [5.41, 5.74) is 4.04. The minimum absolute atomic E-state index is 0.103. The van der Waals surface area contributed by atoms with Crippen LogP contribution >= 0.6 is 0 Å². The van der Waals surface area contributed by atoms with E-state index >= 15 is 0 Å². The van der Waals surface area contributed by atoms with E-state index in [-0.39, 0.29) is 11.8 Å². The van der Waals surface area contributed by atoms with E-state index in [1.165, 1.54) is 0 Å². The van der Waals surface area contributed by atoms with Crippen molar-refractivity contribution in [3.63, 3.8) is 0 Å². The van der Waals surface area contributed by atoms with Crippen molar-refractivity contribution in [2.75, 3.05) is 30.0 Å². The van der Waals surface area contributed by atoms with Gasteiger partial charge < -0.3 is 14.5 Å². The molecule has 0 radical (unpaired) electrons. The molecule has 0 unspecified atom stereocenters. The second-order valence-electron chi connectivity index (χ2n) is 7.14.